The predicted octanol–water partition coefficient (Wildman–Crippen LogP) is 0.701. The zero-order chi connectivity index (χ0) is 13.6. The van der Waals surface area contributed by atoms with Gasteiger partial charge in [-0.05, 0) is 25.2 Å². The van der Waals surface area contributed by atoms with Gasteiger partial charge in [0.2, 0.25) is 0 Å². The van der Waals surface area contributed by atoms with Crippen molar-refractivity contribution in [1.82, 2.24) is 0 Å². The highest BCUT2D eigenvalue weighted by molar-refractivity contribution is 5.72. The van der Waals surface area contributed by atoms with E-state index in [4.69, 9.17) is 14.6 Å². The van der Waals surface area contributed by atoms with Crippen LogP contribution in [0.2, 0.25) is 0 Å². The largest absolute Gasteiger partial charge is 0.398 e. The van der Waals surface area contributed by atoms with E-state index in [2.05, 4.69) is 0 Å². The van der Waals surface area contributed by atoms with Gasteiger partial charge in [0.25, 0.3) is 0 Å². The first-order chi connectivity index (χ1) is 8.45. The monoisotopic (exact) mass is 260 g/mol. The van der Waals surface area contributed by atoms with Crippen LogP contribution in [0.3, 0.4) is 0 Å². The van der Waals surface area contributed by atoms with Gasteiger partial charge in [-0.15, -0.1) is 0 Å². The van der Waals surface area contributed by atoms with Crippen molar-refractivity contribution in [3.8, 4) is 0 Å². The van der Waals surface area contributed by atoms with Crippen molar-refractivity contribution >= 4 is 11.9 Å². The van der Waals surface area contributed by atoms with Gasteiger partial charge in [0.15, 0.2) is 0 Å². The summed E-state index contributed by atoms with van der Waals surface area (Å²) >= 11 is 0. The third kappa shape index (κ3) is 5.01. The van der Waals surface area contributed by atoms with Crippen LogP contribution in [-0.4, -0.2) is 34.7 Å². The fourth-order valence-electron chi connectivity index (χ4n) is 1.86. The molecule has 1 rings (SSSR count). The first kappa shape index (κ1) is 14.9. The molecular weight excluding hydrogens is 240 g/mol. The molecule has 1 unspecified atom stereocenters. The molecule has 1 atom stereocenters. The Bertz CT molecular complexity index is 281. The summed E-state index contributed by atoms with van der Waals surface area (Å²) in [5.74, 6) is -3.50. The van der Waals surface area contributed by atoms with E-state index >= 15 is 0 Å². The number of ether oxygens (including phenoxy) is 2. The molecule has 1 aliphatic heterocycles. The lowest BCUT2D eigenvalue weighted by Crippen LogP contribution is -2.41. The molecule has 18 heavy (non-hydrogen) atoms. The first-order valence-corrected chi connectivity index (χ1v) is 6.22. The maximum absolute atomic E-state index is 11.4. The van der Waals surface area contributed by atoms with Crippen molar-refractivity contribution in [1.29, 1.82) is 0 Å². The molecule has 0 amide bonds. The summed E-state index contributed by atoms with van der Waals surface area (Å²) in [4.78, 5) is 22.9. The van der Waals surface area contributed by atoms with Gasteiger partial charge in [-0.3, -0.25) is 9.59 Å². The van der Waals surface area contributed by atoms with E-state index in [-0.39, 0.29) is 31.8 Å². The van der Waals surface area contributed by atoms with Gasteiger partial charge in [0.05, 0.1) is 6.42 Å². The molecule has 0 aromatic rings. The first-order valence-electron chi connectivity index (χ1n) is 6.22. The Labute approximate surface area is 106 Å². The van der Waals surface area contributed by atoms with Gasteiger partial charge in [-0.25, -0.2) is 0 Å². The normalized spacial score (nSPS) is 22.2. The van der Waals surface area contributed by atoms with Crippen LogP contribution < -0.4 is 0 Å². The number of hydrogen-bond donors (Lipinski definition) is 2. The molecule has 6 nitrogen and oxygen atoms in total. The summed E-state index contributed by atoms with van der Waals surface area (Å²) in [5, 5.41) is 18.9. The van der Waals surface area contributed by atoms with Crippen molar-refractivity contribution in [2.24, 2.45) is 5.92 Å². The number of aliphatic hydroxyl groups excluding tert-OH is 1. The van der Waals surface area contributed by atoms with Gasteiger partial charge in [-0.2, -0.15) is 0 Å². The lowest BCUT2D eigenvalue weighted by molar-refractivity contribution is -0.331. The lowest BCUT2D eigenvalue weighted by atomic mass is 10.0. The molecule has 104 valence electrons. The van der Waals surface area contributed by atoms with Gasteiger partial charge < -0.3 is 19.7 Å². The standard InChI is InChI=1S/C12H20O6/c1-9(6-7-13)8-12(16)17-10(14)4-2-3-5-11(15)18-12/h9,13,16H,2-8H2,1H3. The Hall–Kier alpha value is -1.14. The van der Waals surface area contributed by atoms with Crippen LogP contribution in [0.4, 0.5) is 0 Å². The van der Waals surface area contributed by atoms with Crippen LogP contribution in [0.5, 0.6) is 0 Å². The highest BCUT2D eigenvalue weighted by Crippen LogP contribution is 2.25. The second kappa shape index (κ2) is 6.70. The minimum absolute atomic E-state index is 0.0367. The van der Waals surface area contributed by atoms with Crippen LogP contribution in [0.1, 0.15) is 45.4 Å². The average molecular weight is 260 g/mol. The van der Waals surface area contributed by atoms with Crippen LogP contribution >= 0.6 is 0 Å². The van der Waals surface area contributed by atoms with Crippen molar-refractivity contribution in [3.63, 3.8) is 0 Å². The number of carbonyl (C=O) groups excluding carboxylic acids is 2. The van der Waals surface area contributed by atoms with Crippen molar-refractivity contribution in [2.75, 3.05) is 6.61 Å². The third-order valence-electron chi connectivity index (χ3n) is 2.79. The predicted molar refractivity (Wildman–Crippen MR) is 61.1 cm³/mol. The van der Waals surface area contributed by atoms with Crippen molar-refractivity contribution in [2.45, 2.75) is 51.4 Å². The zero-order valence-electron chi connectivity index (χ0n) is 10.6. The third-order valence-corrected chi connectivity index (χ3v) is 2.79. The maximum atomic E-state index is 11.4. The second-order valence-corrected chi connectivity index (χ2v) is 4.69. The summed E-state index contributed by atoms with van der Waals surface area (Å²) in [6.07, 6.45) is 1.79. The topological polar surface area (TPSA) is 93.1 Å². The molecule has 0 aliphatic carbocycles. The molecule has 1 aliphatic rings. The Morgan fingerprint density at radius 2 is 1.72 bits per heavy atom. The van der Waals surface area contributed by atoms with Gasteiger partial charge in [-0.1, -0.05) is 6.92 Å². The van der Waals surface area contributed by atoms with E-state index < -0.39 is 17.9 Å². The van der Waals surface area contributed by atoms with E-state index in [0.29, 0.717) is 19.3 Å². The van der Waals surface area contributed by atoms with Gasteiger partial charge in [0, 0.05) is 19.4 Å². The average Bonchev–Trinajstić information content (AvgIpc) is 2.28. The molecule has 2 N–H and O–H groups in total. The Morgan fingerprint density at radius 1 is 1.22 bits per heavy atom. The van der Waals surface area contributed by atoms with E-state index in [0.717, 1.165) is 0 Å². The Kier molecular flexibility index (Phi) is 5.55. The number of carbonyl (C=O) groups is 2. The molecule has 0 bridgehead atoms. The number of esters is 2. The fraction of sp³-hybridized carbons (Fsp3) is 0.833. The molecule has 6 heteroatoms. The summed E-state index contributed by atoms with van der Waals surface area (Å²) in [6.45, 7) is 1.72. The minimum Gasteiger partial charge on any atom is -0.398 e. The molecule has 0 aromatic carbocycles. The van der Waals surface area contributed by atoms with Crippen LogP contribution in [-0.2, 0) is 19.1 Å². The van der Waals surface area contributed by atoms with E-state index in [1.807, 2.05) is 0 Å². The van der Waals surface area contributed by atoms with Crippen molar-refractivity contribution < 1.29 is 29.3 Å². The quantitative estimate of drug-likeness (QED) is 0.723. The van der Waals surface area contributed by atoms with Crippen molar-refractivity contribution in [3.05, 3.63) is 0 Å². The molecule has 1 saturated heterocycles. The Balaban J connectivity index is 2.70. The highest BCUT2D eigenvalue weighted by Gasteiger charge is 2.38. The smallest absolute Gasteiger partial charge is 0.373 e. The van der Waals surface area contributed by atoms with Crippen LogP contribution in [0.15, 0.2) is 0 Å². The van der Waals surface area contributed by atoms with Crippen LogP contribution in [0.25, 0.3) is 0 Å². The minimum atomic E-state index is -2.20. The molecule has 1 fully saturated rings. The summed E-state index contributed by atoms with van der Waals surface area (Å²) in [6, 6.07) is 0. The van der Waals surface area contributed by atoms with E-state index in [1.54, 1.807) is 6.92 Å². The van der Waals surface area contributed by atoms with E-state index in [9.17, 15) is 14.7 Å². The SMILES string of the molecule is CC(CCO)CC1(O)OC(=O)CCCCC(=O)O1. The molecular formula is C12H20O6. The molecule has 1 heterocycles. The van der Waals surface area contributed by atoms with Crippen LogP contribution in [0, 0.1) is 5.92 Å². The van der Waals surface area contributed by atoms with Gasteiger partial charge in [0.1, 0.15) is 0 Å². The lowest BCUT2D eigenvalue weighted by Gasteiger charge is -2.28. The van der Waals surface area contributed by atoms with Gasteiger partial charge >= 0.3 is 17.9 Å². The zero-order valence-corrected chi connectivity index (χ0v) is 10.6. The second-order valence-electron chi connectivity index (χ2n) is 4.69. The summed E-state index contributed by atoms with van der Waals surface area (Å²) in [7, 11) is 0. The highest BCUT2D eigenvalue weighted by atomic mass is 16.8. The molecule has 0 saturated carbocycles. The number of aliphatic hydroxyl groups is 2. The molecule has 0 radical (unpaired) electrons. The Morgan fingerprint density at radius 3 is 2.17 bits per heavy atom. The number of hydrogen-bond acceptors (Lipinski definition) is 6. The number of cyclic esters (lactones) is 2. The molecule has 0 aromatic heterocycles. The maximum Gasteiger partial charge on any atom is 0.373 e. The molecule has 0 spiro atoms. The van der Waals surface area contributed by atoms with E-state index in [1.165, 1.54) is 0 Å². The summed E-state index contributed by atoms with van der Waals surface area (Å²) < 4.78 is 9.68. The summed E-state index contributed by atoms with van der Waals surface area (Å²) in [5.41, 5.74) is 0. The fourth-order valence-corrected chi connectivity index (χ4v) is 1.86. The number of rotatable bonds is 4.